The zero-order valence-electron chi connectivity index (χ0n) is 15.6. The molecule has 0 unspecified atom stereocenters. The van der Waals surface area contributed by atoms with E-state index >= 15 is 0 Å². The second kappa shape index (κ2) is 9.34. The molecule has 1 aromatic rings. The summed E-state index contributed by atoms with van der Waals surface area (Å²) in [6, 6.07) is 2.32. The van der Waals surface area contributed by atoms with E-state index in [-0.39, 0.29) is 18.5 Å². The highest BCUT2D eigenvalue weighted by Crippen LogP contribution is 2.27. The molecule has 1 N–H and O–H groups in total. The van der Waals surface area contributed by atoms with E-state index < -0.39 is 5.97 Å². The van der Waals surface area contributed by atoms with Crippen LogP contribution in [-0.4, -0.2) is 59.5 Å². The van der Waals surface area contributed by atoms with Crippen LogP contribution in [0.4, 0.5) is 0 Å². The quantitative estimate of drug-likeness (QED) is 0.804. The van der Waals surface area contributed by atoms with E-state index in [4.69, 9.17) is 5.11 Å². The summed E-state index contributed by atoms with van der Waals surface area (Å²) in [6.07, 6.45) is 5.82. The lowest BCUT2D eigenvalue weighted by Crippen LogP contribution is -2.37. The van der Waals surface area contributed by atoms with E-state index in [0.29, 0.717) is 6.54 Å². The Hall–Kier alpha value is -1.40. The first kappa shape index (κ1) is 19.9. The predicted molar refractivity (Wildman–Crippen MR) is 102 cm³/mol. The number of carboxylic acid groups (broad SMARTS) is 1. The van der Waals surface area contributed by atoms with E-state index in [9.17, 15) is 9.59 Å². The zero-order chi connectivity index (χ0) is 18.4. The maximum atomic E-state index is 12.9. The molecule has 1 aliphatic rings. The second-order valence-electron chi connectivity index (χ2n) is 6.85. The average molecular weight is 367 g/mol. The molecular formula is C19H30N2O3S. The first-order chi connectivity index (χ1) is 12.0. The van der Waals surface area contributed by atoms with E-state index in [1.54, 1.807) is 11.3 Å². The number of aryl methyl sites for hydroxylation is 2. The van der Waals surface area contributed by atoms with Gasteiger partial charge in [-0.25, -0.2) is 0 Å². The first-order valence-electron chi connectivity index (χ1n) is 9.29. The van der Waals surface area contributed by atoms with Gasteiger partial charge in [-0.15, -0.1) is 11.3 Å². The van der Waals surface area contributed by atoms with Crippen LogP contribution < -0.4 is 0 Å². The van der Waals surface area contributed by atoms with Crippen molar-refractivity contribution < 1.29 is 14.7 Å². The number of hydrogen-bond acceptors (Lipinski definition) is 4. The molecular weight excluding hydrogens is 336 g/mol. The minimum absolute atomic E-state index is 0.0593. The van der Waals surface area contributed by atoms with Gasteiger partial charge in [0.15, 0.2) is 0 Å². The molecule has 0 saturated carbocycles. The van der Waals surface area contributed by atoms with Crippen molar-refractivity contribution in [3.05, 3.63) is 21.4 Å². The first-order valence-corrected chi connectivity index (χ1v) is 10.1. The Morgan fingerprint density at radius 1 is 1.32 bits per heavy atom. The predicted octanol–water partition coefficient (Wildman–Crippen LogP) is 3.27. The van der Waals surface area contributed by atoms with Crippen LogP contribution in [0.15, 0.2) is 6.07 Å². The van der Waals surface area contributed by atoms with E-state index in [0.717, 1.165) is 49.9 Å². The number of nitrogens with zero attached hydrogens (tertiary/aromatic N) is 2. The van der Waals surface area contributed by atoms with Crippen molar-refractivity contribution in [1.82, 2.24) is 9.80 Å². The average Bonchev–Trinajstić information content (AvgIpc) is 2.81. The van der Waals surface area contributed by atoms with Crippen molar-refractivity contribution in [3.63, 3.8) is 0 Å². The maximum Gasteiger partial charge on any atom is 0.317 e. The number of aliphatic carboxylic acids is 1. The molecule has 25 heavy (non-hydrogen) atoms. The SMILES string of the molecule is CCCc1sc(C(=O)N2CCC[C@@H](N(C)CC(=O)O)CC2)cc1CC. The molecule has 0 aliphatic carbocycles. The third-order valence-corrected chi connectivity index (χ3v) is 6.18. The molecule has 1 atom stereocenters. The summed E-state index contributed by atoms with van der Waals surface area (Å²) < 4.78 is 0. The highest BCUT2D eigenvalue weighted by atomic mass is 32.1. The maximum absolute atomic E-state index is 12.9. The Morgan fingerprint density at radius 3 is 2.72 bits per heavy atom. The second-order valence-corrected chi connectivity index (χ2v) is 7.99. The number of hydrogen-bond donors (Lipinski definition) is 1. The highest BCUT2D eigenvalue weighted by Gasteiger charge is 2.25. The van der Waals surface area contributed by atoms with Gasteiger partial charge in [-0.2, -0.15) is 0 Å². The van der Waals surface area contributed by atoms with Crippen LogP contribution in [0.3, 0.4) is 0 Å². The molecule has 0 radical (unpaired) electrons. The molecule has 0 aromatic carbocycles. The lowest BCUT2D eigenvalue weighted by molar-refractivity contribution is -0.138. The van der Waals surface area contributed by atoms with Gasteiger partial charge in [-0.3, -0.25) is 14.5 Å². The number of amides is 1. The van der Waals surface area contributed by atoms with Crippen LogP contribution in [-0.2, 0) is 17.6 Å². The summed E-state index contributed by atoms with van der Waals surface area (Å²) >= 11 is 1.65. The van der Waals surface area contributed by atoms with Gasteiger partial charge in [0, 0.05) is 24.0 Å². The van der Waals surface area contributed by atoms with Crippen molar-refractivity contribution in [1.29, 1.82) is 0 Å². The van der Waals surface area contributed by atoms with Crippen LogP contribution in [0.1, 0.15) is 59.6 Å². The number of rotatable bonds is 7. The van der Waals surface area contributed by atoms with Crippen LogP contribution in [0.2, 0.25) is 0 Å². The fraction of sp³-hybridized carbons (Fsp3) is 0.684. The molecule has 0 bridgehead atoms. The lowest BCUT2D eigenvalue weighted by Gasteiger charge is -2.25. The Bertz CT molecular complexity index is 599. The van der Waals surface area contributed by atoms with E-state index in [1.165, 1.54) is 10.4 Å². The molecule has 2 heterocycles. The number of thiophene rings is 1. The zero-order valence-corrected chi connectivity index (χ0v) is 16.4. The van der Waals surface area contributed by atoms with Crippen molar-refractivity contribution in [2.75, 3.05) is 26.7 Å². The summed E-state index contributed by atoms with van der Waals surface area (Å²) in [5, 5.41) is 8.96. The monoisotopic (exact) mass is 366 g/mol. The fourth-order valence-corrected chi connectivity index (χ4v) is 4.85. The molecule has 1 fully saturated rings. The van der Waals surface area contributed by atoms with Gasteiger partial charge in [-0.1, -0.05) is 20.3 Å². The molecule has 2 rings (SSSR count). The normalized spacial score (nSPS) is 18.4. The number of carbonyl (C=O) groups is 2. The van der Waals surface area contributed by atoms with E-state index in [2.05, 4.69) is 19.9 Å². The summed E-state index contributed by atoms with van der Waals surface area (Å²) in [4.78, 5) is 29.9. The van der Waals surface area contributed by atoms with Gasteiger partial charge >= 0.3 is 5.97 Å². The summed E-state index contributed by atoms with van der Waals surface area (Å²) in [6.45, 7) is 5.84. The Kier molecular flexibility index (Phi) is 7.44. The van der Waals surface area contributed by atoms with Gasteiger partial charge in [-0.05, 0) is 50.8 Å². The number of likely N-dealkylation sites (tertiary alicyclic amines) is 1. The highest BCUT2D eigenvalue weighted by molar-refractivity contribution is 7.14. The van der Waals surface area contributed by atoms with Crippen LogP contribution in [0, 0.1) is 0 Å². The number of carbonyl (C=O) groups excluding carboxylic acids is 1. The molecule has 1 saturated heterocycles. The van der Waals surface area contributed by atoms with Gasteiger partial charge in [0.05, 0.1) is 11.4 Å². The number of likely N-dealkylation sites (N-methyl/N-ethyl adjacent to an activating group) is 1. The third-order valence-electron chi connectivity index (χ3n) is 4.96. The molecule has 6 heteroatoms. The molecule has 1 aliphatic heterocycles. The molecule has 1 amide bonds. The summed E-state index contributed by atoms with van der Waals surface area (Å²) in [7, 11) is 1.86. The van der Waals surface area contributed by atoms with Gasteiger partial charge in [0.1, 0.15) is 0 Å². The van der Waals surface area contributed by atoms with Crippen LogP contribution in [0.25, 0.3) is 0 Å². The van der Waals surface area contributed by atoms with E-state index in [1.807, 2.05) is 16.8 Å². The largest absolute Gasteiger partial charge is 0.480 e. The number of carboxylic acids is 1. The van der Waals surface area contributed by atoms with Gasteiger partial charge in [0.2, 0.25) is 0 Å². The van der Waals surface area contributed by atoms with Crippen molar-refractivity contribution in [3.8, 4) is 0 Å². The molecule has 0 spiro atoms. The smallest absolute Gasteiger partial charge is 0.317 e. The van der Waals surface area contributed by atoms with Crippen molar-refractivity contribution in [2.45, 2.75) is 58.4 Å². The van der Waals surface area contributed by atoms with Gasteiger partial charge in [0.25, 0.3) is 5.91 Å². The Balaban J connectivity index is 2.02. The lowest BCUT2D eigenvalue weighted by atomic mass is 10.1. The minimum Gasteiger partial charge on any atom is -0.480 e. The molecule has 5 nitrogen and oxygen atoms in total. The Labute approximate surface area is 154 Å². The minimum atomic E-state index is -0.797. The standard InChI is InChI=1S/C19H30N2O3S/c1-4-7-16-14(5-2)12-17(25-16)19(24)21-10-6-8-15(9-11-21)20(3)13-18(22)23/h12,15H,4-11,13H2,1-3H3,(H,22,23)/t15-/m1/s1. The van der Waals surface area contributed by atoms with Crippen LogP contribution >= 0.6 is 11.3 Å². The van der Waals surface area contributed by atoms with Gasteiger partial charge < -0.3 is 10.0 Å². The fourth-order valence-electron chi connectivity index (χ4n) is 3.53. The molecule has 1 aromatic heterocycles. The summed E-state index contributed by atoms with van der Waals surface area (Å²) in [5.74, 6) is -0.655. The third kappa shape index (κ3) is 5.28. The molecule has 140 valence electrons. The Morgan fingerprint density at radius 2 is 2.08 bits per heavy atom. The van der Waals surface area contributed by atoms with Crippen molar-refractivity contribution >= 4 is 23.2 Å². The topological polar surface area (TPSA) is 60.9 Å². The van der Waals surface area contributed by atoms with Crippen LogP contribution in [0.5, 0.6) is 0 Å². The van der Waals surface area contributed by atoms with Crippen molar-refractivity contribution in [2.24, 2.45) is 0 Å². The summed E-state index contributed by atoms with van der Waals surface area (Å²) in [5.41, 5.74) is 1.31.